The van der Waals surface area contributed by atoms with Crippen molar-refractivity contribution in [3.05, 3.63) is 34.3 Å². The highest BCUT2D eigenvalue weighted by atomic mass is 79.9. The highest BCUT2D eigenvalue weighted by molar-refractivity contribution is 9.10. The van der Waals surface area contributed by atoms with E-state index in [-0.39, 0.29) is 24.1 Å². The van der Waals surface area contributed by atoms with Crippen LogP contribution in [0.4, 0.5) is 0 Å². The zero-order chi connectivity index (χ0) is 20.2. The van der Waals surface area contributed by atoms with Gasteiger partial charge in [-0.1, -0.05) is 35.0 Å². The molecule has 0 saturated carbocycles. The van der Waals surface area contributed by atoms with E-state index in [9.17, 15) is 13.2 Å². The van der Waals surface area contributed by atoms with Crippen molar-refractivity contribution in [2.24, 2.45) is 5.92 Å². The summed E-state index contributed by atoms with van der Waals surface area (Å²) in [4.78, 5) is 13.2. The van der Waals surface area contributed by atoms with E-state index in [1.807, 2.05) is 31.2 Å². The molecule has 0 spiro atoms. The van der Waals surface area contributed by atoms with Gasteiger partial charge in [-0.3, -0.25) is 4.79 Å². The maximum Gasteiger partial charge on any atom is 0.225 e. The van der Waals surface area contributed by atoms with E-state index < -0.39 is 15.6 Å². The van der Waals surface area contributed by atoms with E-state index in [2.05, 4.69) is 21.2 Å². The van der Waals surface area contributed by atoms with Crippen molar-refractivity contribution >= 4 is 31.9 Å². The topological polar surface area (TPSA) is 75.7 Å². The molecular formula is C20H29BrN2O4S. The van der Waals surface area contributed by atoms with Gasteiger partial charge in [-0.25, -0.2) is 12.7 Å². The number of ether oxygens (including phenoxy) is 1. The van der Waals surface area contributed by atoms with Crippen LogP contribution in [-0.4, -0.2) is 50.7 Å². The molecule has 2 aliphatic rings. The third-order valence-corrected chi connectivity index (χ3v) is 8.23. The molecule has 1 amide bonds. The fraction of sp³-hybridized carbons (Fsp3) is 0.650. The Morgan fingerprint density at radius 3 is 2.79 bits per heavy atom. The van der Waals surface area contributed by atoms with Crippen LogP contribution in [0.25, 0.3) is 0 Å². The number of hydrogen-bond acceptors (Lipinski definition) is 4. The van der Waals surface area contributed by atoms with E-state index in [1.165, 1.54) is 4.31 Å². The molecule has 0 aromatic heterocycles. The molecule has 2 fully saturated rings. The summed E-state index contributed by atoms with van der Waals surface area (Å²) in [6.45, 7) is 3.83. The van der Waals surface area contributed by atoms with E-state index >= 15 is 0 Å². The number of piperidine rings is 1. The second-order valence-corrected chi connectivity index (χ2v) is 10.7. The molecule has 2 saturated heterocycles. The molecule has 1 unspecified atom stereocenters. The van der Waals surface area contributed by atoms with Crippen LogP contribution in [0.1, 0.15) is 44.6 Å². The molecular weight excluding hydrogens is 444 g/mol. The number of amides is 1. The molecule has 1 aromatic rings. The molecule has 156 valence electrons. The van der Waals surface area contributed by atoms with E-state index in [1.54, 1.807) is 0 Å². The fourth-order valence-corrected chi connectivity index (χ4v) is 6.11. The Bertz CT molecular complexity index is 793. The SMILES string of the molecule is CCCS(=O)(=O)N1CCCC(C(=O)NC2(c3cccc(Br)c3)CCOCC2)C1. The minimum absolute atomic E-state index is 0.0572. The van der Waals surface area contributed by atoms with Crippen LogP contribution in [0.3, 0.4) is 0 Å². The van der Waals surface area contributed by atoms with Crippen LogP contribution in [0.2, 0.25) is 0 Å². The second-order valence-electron chi connectivity index (χ2n) is 7.71. The summed E-state index contributed by atoms with van der Waals surface area (Å²) in [7, 11) is -3.28. The van der Waals surface area contributed by atoms with Gasteiger partial charge in [0, 0.05) is 30.8 Å². The maximum atomic E-state index is 13.2. The summed E-state index contributed by atoms with van der Waals surface area (Å²) >= 11 is 3.52. The average molecular weight is 473 g/mol. The summed E-state index contributed by atoms with van der Waals surface area (Å²) in [6.07, 6.45) is 3.43. The Balaban J connectivity index is 1.77. The lowest BCUT2D eigenvalue weighted by atomic mass is 9.82. The van der Waals surface area contributed by atoms with E-state index in [0.29, 0.717) is 45.4 Å². The summed E-state index contributed by atoms with van der Waals surface area (Å²) in [5.74, 6) is -0.230. The normalized spacial score (nSPS) is 23.3. The van der Waals surface area contributed by atoms with Crippen molar-refractivity contribution in [1.29, 1.82) is 0 Å². The smallest absolute Gasteiger partial charge is 0.225 e. The molecule has 1 atom stereocenters. The summed E-state index contributed by atoms with van der Waals surface area (Å²) in [5.41, 5.74) is 0.591. The number of hydrogen-bond donors (Lipinski definition) is 1. The lowest BCUT2D eigenvalue weighted by molar-refractivity contribution is -0.129. The van der Waals surface area contributed by atoms with Gasteiger partial charge in [-0.05, 0) is 49.8 Å². The van der Waals surface area contributed by atoms with Crippen molar-refractivity contribution < 1.29 is 17.9 Å². The number of halogens is 1. The first-order chi connectivity index (χ1) is 13.4. The maximum absolute atomic E-state index is 13.2. The van der Waals surface area contributed by atoms with Gasteiger partial charge in [0.25, 0.3) is 0 Å². The van der Waals surface area contributed by atoms with Gasteiger partial charge in [-0.15, -0.1) is 0 Å². The van der Waals surface area contributed by atoms with Crippen molar-refractivity contribution in [3.63, 3.8) is 0 Å². The van der Waals surface area contributed by atoms with Crippen molar-refractivity contribution in [2.75, 3.05) is 32.1 Å². The molecule has 0 radical (unpaired) electrons. The predicted octanol–water partition coefficient (Wildman–Crippen LogP) is 3.02. The molecule has 8 heteroatoms. The zero-order valence-corrected chi connectivity index (χ0v) is 18.7. The van der Waals surface area contributed by atoms with Crippen molar-refractivity contribution in [2.45, 2.75) is 44.6 Å². The first-order valence-corrected chi connectivity index (χ1v) is 12.4. The number of nitrogens with one attached hydrogen (secondary N) is 1. The van der Waals surface area contributed by atoms with Crippen LogP contribution >= 0.6 is 15.9 Å². The van der Waals surface area contributed by atoms with Crippen molar-refractivity contribution in [1.82, 2.24) is 9.62 Å². The summed E-state index contributed by atoms with van der Waals surface area (Å²) in [5, 5.41) is 3.29. The van der Waals surface area contributed by atoms with Gasteiger partial charge in [0.15, 0.2) is 0 Å². The first kappa shape index (κ1) is 21.7. The molecule has 1 aromatic carbocycles. The Labute approximate surface area is 176 Å². The van der Waals surface area contributed by atoms with Gasteiger partial charge >= 0.3 is 0 Å². The van der Waals surface area contributed by atoms with Gasteiger partial charge in [-0.2, -0.15) is 0 Å². The number of carbonyl (C=O) groups excluding carboxylic acids is 1. The number of nitrogens with zero attached hydrogens (tertiary/aromatic N) is 1. The molecule has 2 aliphatic heterocycles. The number of carbonyl (C=O) groups is 1. The lowest BCUT2D eigenvalue weighted by Gasteiger charge is -2.40. The van der Waals surface area contributed by atoms with Gasteiger partial charge in [0.2, 0.25) is 15.9 Å². The molecule has 1 N–H and O–H groups in total. The molecule has 2 heterocycles. The summed E-state index contributed by atoms with van der Waals surface area (Å²) < 4.78 is 32.9. The number of sulfonamides is 1. The monoisotopic (exact) mass is 472 g/mol. The predicted molar refractivity (Wildman–Crippen MR) is 112 cm³/mol. The van der Waals surface area contributed by atoms with Crippen molar-refractivity contribution in [3.8, 4) is 0 Å². The van der Waals surface area contributed by atoms with Gasteiger partial charge in [0.1, 0.15) is 0 Å². The van der Waals surface area contributed by atoms with Gasteiger partial charge in [0.05, 0.1) is 17.2 Å². The summed E-state index contributed by atoms with van der Waals surface area (Å²) in [6, 6.07) is 8.03. The Morgan fingerprint density at radius 2 is 2.11 bits per heavy atom. The van der Waals surface area contributed by atoms with Crippen LogP contribution in [0.15, 0.2) is 28.7 Å². The molecule has 0 aliphatic carbocycles. The third kappa shape index (κ3) is 4.96. The highest BCUT2D eigenvalue weighted by Crippen LogP contribution is 2.34. The van der Waals surface area contributed by atoms with E-state index in [4.69, 9.17) is 4.74 Å². The Morgan fingerprint density at radius 1 is 1.36 bits per heavy atom. The van der Waals surface area contributed by atoms with E-state index in [0.717, 1.165) is 16.5 Å². The van der Waals surface area contributed by atoms with Gasteiger partial charge < -0.3 is 10.1 Å². The number of rotatable bonds is 6. The zero-order valence-electron chi connectivity index (χ0n) is 16.3. The average Bonchev–Trinajstić information content (AvgIpc) is 2.69. The van der Waals surface area contributed by atoms with Crippen LogP contribution in [-0.2, 0) is 25.1 Å². The molecule has 6 nitrogen and oxygen atoms in total. The molecule has 0 bridgehead atoms. The first-order valence-electron chi connectivity index (χ1n) is 10.00. The Hall–Kier alpha value is -0.960. The van der Waals surface area contributed by atoms with Crippen LogP contribution in [0.5, 0.6) is 0 Å². The largest absolute Gasteiger partial charge is 0.381 e. The quantitative estimate of drug-likeness (QED) is 0.690. The Kier molecular flexibility index (Phi) is 7.17. The standard InChI is InChI=1S/C20H29BrN2O4S/c1-2-13-28(25,26)23-10-4-5-16(15-23)19(24)22-20(8-11-27-12-9-20)17-6-3-7-18(21)14-17/h3,6-7,14,16H,2,4-5,8-13,15H2,1H3,(H,22,24). The molecule has 28 heavy (non-hydrogen) atoms. The van der Waals surface area contributed by atoms with Crippen LogP contribution in [0, 0.1) is 5.92 Å². The highest BCUT2D eigenvalue weighted by Gasteiger charge is 2.39. The lowest BCUT2D eigenvalue weighted by Crippen LogP contribution is -2.54. The minimum Gasteiger partial charge on any atom is -0.381 e. The molecule has 3 rings (SSSR count). The number of benzene rings is 1. The minimum atomic E-state index is -3.28. The second kappa shape index (κ2) is 9.24. The third-order valence-electron chi connectivity index (χ3n) is 5.70. The van der Waals surface area contributed by atoms with Crippen LogP contribution < -0.4 is 5.32 Å². The fourth-order valence-electron chi connectivity index (χ4n) is 4.13.